The monoisotopic (exact) mass is 395 g/mol. The Morgan fingerprint density at radius 2 is 1.36 bits per heavy atom. The van der Waals surface area contributed by atoms with Crippen molar-refractivity contribution in [2.75, 3.05) is 45.4 Å². The zero-order valence-corrected chi connectivity index (χ0v) is 17.3. The van der Waals surface area contributed by atoms with E-state index >= 15 is 0 Å². The Morgan fingerprint density at radius 3 is 2.04 bits per heavy atom. The summed E-state index contributed by atoms with van der Waals surface area (Å²) in [7, 11) is 0. The van der Waals surface area contributed by atoms with Gasteiger partial charge < -0.3 is 24.7 Å². The third kappa shape index (κ3) is 14.3. The van der Waals surface area contributed by atoms with E-state index in [0.29, 0.717) is 51.7 Å². The van der Waals surface area contributed by atoms with Crippen LogP contribution in [0.2, 0.25) is 0 Å². The summed E-state index contributed by atoms with van der Waals surface area (Å²) in [6.07, 6.45) is 8.88. The Kier molecular flexibility index (Phi) is 15.0. The summed E-state index contributed by atoms with van der Waals surface area (Å²) >= 11 is 0. The van der Waals surface area contributed by atoms with E-state index in [2.05, 4.69) is 6.92 Å². The van der Waals surface area contributed by atoms with Gasteiger partial charge in [0.05, 0.1) is 26.4 Å². The van der Waals surface area contributed by atoms with Crippen LogP contribution in [-0.4, -0.2) is 45.6 Å². The molecule has 0 saturated carbocycles. The Labute approximate surface area is 169 Å². The van der Waals surface area contributed by atoms with E-state index in [9.17, 15) is 4.79 Å². The minimum atomic E-state index is -0.131. The van der Waals surface area contributed by atoms with E-state index in [-0.39, 0.29) is 5.97 Å². The molecule has 6 heteroatoms. The van der Waals surface area contributed by atoms with E-state index in [1.165, 1.54) is 32.1 Å². The van der Waals surface area contributed by atoms with Gasteiger partial charge in [0.1, 0.15) is 19.0 Å². The second-order valence-electron chi connectivity index (χ2n) is 6.73. The lowest BCUT2D eigenvalue weighted by Crippen LogP contribution is -2.14. The van der Waals surface area contributed by atoms with E-state index < -0.39 is 0 Å². The third-order valence-corrected chi connectivity index (χ3v) is 4.22. The Balaban J connectivity index is 1.79. The molecule has 1 aromatic carbocycles. The van der Waals surface area contributed by atoms with Crippen LogP contribution in [0.15, 0.2) is 24.3 Å². The normalized spacial score (nSPS) is 10.8. The molecule has 1 aromatic rings. The number of ether oxygens (including phenoxy) is 4. The van der Waals surface area contributed by atoms with Gasteiger partial charge in [-0.2, -0.15) is 0 Å². The lowest BCUT2D eigenvalue weighted by Gasteiger charge is -2.08. The first-order valence-electron chi connectivity index (χ1n) is 10.5. The maximum absolute atomic E-state index is 11.6. The number of carbonyl (C=O) groups excluding carboxylic acids is 1. The zero-order valence-electron chi connectivity index (χ0n) is 17.3. The van der Waals surface area contributed by atoms with Crippen LogP contribution in [0.3, 0.4) is 0 Å². The van der Waals surface area contributed by atoms with Gasteiger partial charge in [-0.15, -0.1) is 0 Å². The summed E-state index contributed by atoms with van der Waals surface area (Å²) in [5, 5.41) is 0. The minimum absolute atomic E-state index is 0.131. The second kappa shape index (κ2) is 17.3. The molecule has 0 saturated heterocycles. The molecule has 0 spiro atoms. The van der Waals surface area contributed by atoms with Crippen LogP contribution in [0.5, 0.6) is 5.75 Å². The highest BCUT2D eigenvalue weighted by molar-refractivity contribution is 5.69. The summed E-state index contributed by atoms with van der Waals surface area (Å²) in [6, 6.07) is 7.25. The fourth-order valence-corrected chi connectivity index (χ4v) is 2.62. The molecule has 28 heavy (non-hydrogen) atoms. The SMILES string of the molecule is CCCCCCCCCC(=O)OCCOCCOCCOc1ccc(N)cc1. The average molecular weight is 396 g/mol. The summed E-state index contributed by atoms with van der Waals surface area (Å²) in [5.74, 6) is 0.639. The molecule has 0 heterocycles. The Hall–Kier alpha value is -1.79. The molecular weight excluding hydrogens is 358 g/mol. The van der Waals surface area contributed by atoms with Gasteiger partial charge in [0.15, 0.2) is 0 Å². The first kappa shape index (κ1) is 24.2. The molecule has 1 rings (SSSR count). The number of hydrogen-bond acceptors (Lipinski definition) is 6. The number of benzene rings is 1. The number of unbranched alkanes of at least 4 members (excludes halogenated alkanes) is 6. The largest absolute Gasteiger partial charge is 0.491 e. The lowest BCUT2D eigenvalue weighted by atomic mass is 10.1. The number of anilines is 1. The van der Waals surface area contributed by atoms with Crippen LogP contribution in [0, 0.1) is 0 Å². The number of rotatable bonds is 18. The molecule has 0 radical (unpaired) electrons. The fraction of sp³-hybridized carbons (Fsp3) is 0.682. The molecule has 0 aromatic heterocycles. The number of esters is 1. The predicted octanol–water partition coefficient (Wildman–Crippen LogP) is 4.36. The van der Waals surface area contributed by atoms with Crippen molar-refractivity contribution in [2.24, 2.45) is 0 Å². The second-order valence-corrected chi connectivity index (χ2v) is 6.73. The van der Waals surface area contributed by atoms with Crippen molar-refractivity contribution in [3.63, 3.8) is 0 Å². The van der Waals surface area contributed by atoms with Crippen LogP contribution in [-0.2, 0) is 19.0 Å². The lowest BCUT2D eigenvalue weighted by molar-refractivity contribution is -0.145. The molecule has 2 N–H and O–H groups in total. The molecule has 0 aliphatic carbocycles. The fourth-order valence-electron chi connectivity index (χ4n) is 2.62. The van der Waals surface area contributed by atoms with Gasteiger partial charge in [-0.05, 0) is 30.7 Å². The van der Waals surface area contributed by atoms with Gasteiger partial charge in [0.25, 0.3) is 0 Å². The van der Waals surface area contributed by atoms with Crippen molar-refractivity contribution in [1.29, 1.82) is 0 Å². The molecule has 0 amide bonds. The van der Waals surface area contributed by atoms with E-state index in [1.807, 2.05) is 12.1 Å². The van der Waals surface area contributed by atoms with Crippen LogP contribution >= 0.6 is 0 Å². The highest BCUT2D eigenvalue weighted by atomic mass is 16.6. The van der Waals surface area contributed by atoms with E-state index in [1.54, 1.807) is 12.1 Å². The maximum atomic E-state index is 11.6. The van der Waals surface area contributed by atoms with Crippen molar-refractivity contribution in [3.05, 3.63) is 24.3 Å². The van der Waals surface area contributed by atoms with Crippen LogP contribution < -0.4 is 10.5 Å². The molecule has 0 aliphatic rings. The van der Waals surface area contributed by atoms with Crippen LogP contribution in [0.25, 0.3) is 0 Å². The first-order valence-corrected chi connectivity index (χ1v) is 10.5. The quantitative estimate of drug-likeness (QED) is 0.226. The third-order valence-electron chi connectivity index (χ3n) is 4.22. The number of nitrogens with two attached hydrogens (primary N) is 1. The molecule has 0 aliphatic heterocycles. The topological polar surface area (TPSA) is 80.0 Å². The van der Waals surface area contributed by atoms with Crippen LogP contribution in [0.4, 0.5) is 5.69 Å². The first-order chi connectivity index (χ1) is 13.7. The number of carbonyl (C=O) groups is 1. The van der Waals surface area contributed by atoms with Gasteiger partial charge in [-0.3, -0.25) is 4.79 Å². The number of nitrogen functional groups attached to an aromatic ring is 1. The maximum Gasteiger partial charge on any atom is 0.305 e. The van der Waals surface area contributed by atoms with Gasteiger partial charge in [-0.25, -0.2) is 0 Å². The molecule has 0 unspecified atom stereocenters. The van der Waals surface area contributed by atoms with Gasteiger partial charge in [0, 0.05) is 12.1 Å². The van der Waals surface area contributed by atoms with E-state index in [0.717, 1.165) is 18.6 Å². The number of hydrogen-bond donors (Lipinski definition) is 1. The van der Waals surface area contributed by atoms with Crippen LogP contribution in [0.1, 0.15) is 58.3 Å². The van der Waals surface area contributed by atoms with Gasteiger partial charge >= 0.3 is 5.97 Å². The predicted molar refractivity (Wildman–Crippen MR) is 112 cm³/mol. The van der Waals surface area contributed by atoms with Gasteiger partial charge in [-0.1, -0.05) is 45.4 Å². The minimum Gasteiger partial charge on any atom is -0.491 e. The van der Waals surface area contributed by atoms with Crippen molar-refractivity contribution in [1.82, 2.24) is 0 Å². The van der Waals surface area contributed by atoms with Gasteiger partial charge in [0.2, 0.25) is 0 Å². The summed E-state index contributed by atoms with van der Waals surface area (Å²) < 4.78 is 21.5. The van der Waals surface area contributed by atoms with Crippen molar-refractivity contribution < 1.29 is 23.7 Å². The van der Waals surface area contributed by atoms with E-state index in [4.69, 9.17) is 24.7 Å². The van der Waals surface area contributed by atoms with Crippen molar-refractivity contribution >= 4 is 11.7 Å². The standard InChI is InChI=1S/C22H37NO5/c1-2-3-4-5-6-7-8-9-22(24)28-19-17-26-15-14-25-16-18-27-21-12-10-20(23)11-13-21/h10-13H,2-9,14-19,23H2,1H3. The zero-order chi connectivity index (χ0) is 20.3. The highest BCUT2D eigenvalue weighted by Crippen LogP contribution is 2.12. The van der Waals surface area contributed by atoms with Crippen molar-refractivity contribution in [3.8, 4) is 5.75 Å². The van der Waals surface area contributed by atoms with Crippen molar-refractivity contribution in [2.45, 2.75) is 58.3 Å². The summed E-state index contributed by atoms with van der Waals surface area (Å²) in [5.41, 5.74) is 6.32. The summed E-state index contributed by atoms with van der Waals surface area (Å²) in [4.78, 5) is 11.6. The molecule has 160 valence electrons. The Morgan fingerprint density at radius 1 is 0.786 bits per heavy atom. The molecule has 0 bridgehead atoms. The Bertz CT molecular complexity index is 492. The molecule has 6 nitrogen and oxygen atoms in total. The molecule has 0 fully saturated rings. The molecule has 0 atom stereocenters. The smallest absolute Gasteiger partial charge is 0.305 e. The highest BCUT2D eigenvalue weighted by Gasteiger charge is 2.02. The summed E-state index contributed by atoms with van der Waals surface area (Å²) in [6.45, 7) is 4.82. The molecular formula is C22H37NO5. The average Bonchev–Trinajstić information content (AvgIpc) is 2.70.